The van der Waals surface area contributed by atoms with Crippen molar-refractivity contribution in [3.05, 3.63) is 0 Å². The lowest BCUT2D eigenvalue weighted by Crippen LogP contribution is -2.43. The molecule has 0 aromatic heterocycles. The summed E-state index contributed by atoms with van der Waals surface area (Å²) in [6, 6.07) is 0. The normalized spacial score (nSPS) is 14.3. The summed E-state index contributed by atoms with van der Waals surface area (Å²) in [5.74, 6) is -0.797. The summed E-state index contributed by atoms with van der Waals surface area (Å²) in [4.78, 5) is 35.8. The Morgan fingerprint density at radius 3 is 2.80 bits per heavy atom. The van der Waals surface area contributed by atoms with Crippen molar-refractivity contribution in [2.24, 2.45) is 5.10 Å². The number of nitrogens with one attached hydrogen (secondary N) is 2. The Balaban J connectivity index is 2.34. The average molecular weight is 284 g/mol. The number of amides is 3. The first-order valence-corrected chi connectivity index (χ1v) is 6.41. The summed E-state index contributed by atoms with van der Waals surface area (Å²) >= 11 is 0. The first-order chi connectivity index (χ1) is 9.54. The van der Waals surface area contributed by atoms with E-state index >= 15 is 0 Å². The Labute approximate surface area is 117 Å². The molecule has 3 amide bonds. The Morgan fingerprint density at radius 1 is 1.45 bits per heavy atom. The molecule has 0 aromatic rings. The topological polar surface area (TPSA) is 100 Å². The first kappa shape index (κ1) is 16.1. The number of nitrogens with zero attached hydrogens (tertiary/aromatic N) is 2. The van der Waals surface area contributed by atoms with Crippen LogP contribution in [0.15, 0.2) is 5.10 Å². The predicted octanol–water partition coefficient (Wildman–Crippen LogP) is -1.14. The molecule has 1 aliphatic heterocycles. The molecule has 20 heavy (non-hydrogen) atoms. The third-order valence-corrected chi connectivity index (χ3v) is 2.73. The molecule has 0 saturated carbocycles. The number of rotatable bonds is 7. The molecule has 8 heteroatoms. The van der Waals surface area contributed by atoms with Crippen molar-refractivity contribution < 1.29 is 19.1 Å². The van der Waals surface area contributed by atoms with E-state index in [4.69, 9.17) is 4.74 Å². The molecule has 1 aliphatic rings. The monoisotopic (exact) mass is 284 g/mol. The number of hydrazone groups is 1. The summed E-state index contributed by atoms with van der Waals surface area (Å²) in [6.07, 6.45) is 1.25. The van der Waals surface area contributed by atoms with E-state index in [1.165, 1.54) is 11.9 Å². The Bertz CT molecular complexity index is 408. The molecular weight excluding hydrogens is 264 g/mol. The van der Waals surface area contributed by atoms with E-state index in [-0.39, 0.29) is 36.4 Å². The summed E-state index contributed by atoms with van der Waals surface area (Å²) in [6.45, 7) is 1.04. The highest BCUT2D eigenvalue weighted by Gasteiger charge is 2.22. The SMILES string of the molecule is COCCCNC(=O)CN(C)C(=O)C1=NNC(=O)CC1. The van der Waals surface area contributed by atoms with Crippen LogP contribution < -0.4 is 10.7 Å². The predicted molar refractivity (Wildman–Crippen MR) is 72.0 cm³/mol. The Kier molecular flexibility index (Phi) is 6.65. The van der Waals surface area contributed by atoms with Crippen molar-refractivity contribution in [1.82, 2.24) is 15.6 Å². The summed E-state index contributed by atoms with van der Waals surface area (Å²) in [5.41, 5.74) is 2.52. The molecule has 0 fully saturated rings. The van der Waals surface area contributed by atoms with Crippen LogP contribution in [0.25, 0.3) is 0 Å². The van der Waals surface area contributed by atoms with Gasteiger partial charge < -0.3 is 15.0 Å². The van der Waals surface area contributed by atoms with Crippen LogP contribution in [0, 0.1) is 0 Å². The largest absolute Gasteiger partial charge is 0.385 e. The van der Waals surface area contributed by atoms with E-state index in [0.29, 0.717) is 19.6 Å². The lowest BCUT2D eigenvalue weighted by atomic mass is 10.1. The zero-order chi connectivity index (χ0) is 15.0. The van der Waals surface area contributed by atoms with Crippen LogP contribution in [0.2, 0.25) is 0 Å². The lowest BCUT2D eigenvalue weighted by molar-refractivity contribution is -0.130. The van der Waals surface area contributed by atoms with Crippen LogP contribution in [0.4, 0.5) is 0 Å². The fourth-order valence-electron chi connectivity index (χ4n) is 1.64. The number of methoxy groups -OCH3 is 1. The molecular formula is C12H20N4O4. The van der Waals surface area contributed by atoms with Gasteiger partial charge in [0.1, 0.15) is 5.71 Å². The van der Waals surface area contributed by atoms with Crippen molar-refractivity contribution in [3.63, 3.8) is 0 Å². The zero-order valence-corrected chi connectivity index (χ0v) is 11.8. The zero-order valence-electron chi connectivity index (χ0n) is 11.8. The maximum Gasteiger partial charge on any atom is 0.270 e. The van der Waals surface area contributed by atoms with Gasteiger partial charge in [-0.25, -0.2) is 5.43 Å². The Morgan fingerprint density at radius 2 is 2.20 bits per heavy atom. The highest BCUT2D eigenvalue weighted by Crippen LogP contribution is 2.02. The Hall–Kier alpha value is -1.96. The average Bonchev–Trinajstić information content (AvgIpc) is 2.43. The molecule has 0 radical (unpaired) electrons. The van der Waals surface area contributed by atoms with Crippen LogP contribution >= 0.6 is 0 Å². The molecule has 2 N–H and O–H groups in total. The molecule has 0 unspecified atom stereocenters. The maximum absolute atomic E-state index is 12.0. The van der Waals surface area contributed by atoms with Crippen LogP contribution in [-0.2, 0) is 19.1 Å². The van der Waals surface area contributed by atoms with Gasteiger partial charge in [-0.05, 0) is 6.42 Å². The van der Waals surface area contributed by atoms with Crippen molar-refractivity contribution in [2.45, 2.75) is 19.3 Å². The van der Waals surface area contributed by atoms with E-state index < -0.39 is 0 Å². The van der Waals surface area contributed by atoms with Crippen molar-refractivity contribution in [3.8, 4) is 0 Å². The van der Waals surface area contributed by atoms with Gasteiger partial charge in [0.05, 0.1) is 6.54 Å². The van der Waals surface area contributed by atoms with Gasteiger partial charge >= 0.3 is 0 Å². The number of ether oxygens (including phenoxy) is 1. The van der Waals surface area contributed by atoms with Gasteiger partial charge in [-0.15, -0.1) is 0 Å². The third kappa shape index (κ3) is 5.35. The van der Waals surface area contributed by atoms with Crippen LogP contribution in [-0.4, -0.2) is 62.2 Å². The second-order valence-electron chi connectivity index (χ2n) is 4.45. The minimum absolute atomic E-state index is 0.0429. The van der Waals surface area contributed by atoms with Gasteiger partial charge in [0.2, 0.25) is 11.8 Å². The fraction of sp³-hybridized carbons (Fsp3) is 0.667. The van der Waals surface area contributed by atoms with Crippen molar-refractivity contribution >= 4 is 23.4 Å². The molecule has 0 aliphatic carbocycles. The van der Waals surface area contributed by atoms with E-state index in [2.05, 4.69) is 15.8 Å². The number of likely N-dealkylation sites (N-methyl/N-ethyl adjacent to an activating group) is 1. The van der Waals surface area contributed by atoms with E-state index in [0.717, 1.165) is 6.42 Å². The van der Waals surface area contributed by atoms with Gasteiger partial charge in [-0.2, -0.15) is 5.10 Å². The number of carbonyl (C=O) groups excluding carboxylic acids is 3. The van der Waals surface area contributed by atoms with Crippen molar-refractivity contribution in [1.29, 1.82) is 0 Å². The summed E-state index contributed by atoms with van der Waals surface area (Å²) < 4.78 is 4.86. The van der Waals surface area contributed by atoms with Crippen LogP contribution in [0.3, 0.4) is 0 Å². The molecule has 1 rings (SSSR count). The smallest absolute Gasteiger partial charge is 0.270 e. The van der Waals surface area contributed by atoms with Gasteiger partial charge in [0, 0.05) is 40.2 Å². The lowest BCUT2D eigenvalue weighted by Gasteiger charge is -2.19. The summed E-state index contributed by atoms with van der Waals surface area (Å²) in [5, 5.41) is 6.39. The maximum atomic E-state index is 12.0. The third-order valence-electron chi connectivity index (χ3n) is 2.73. The van der Waals surface area contributed by atoms with Crippen molar-refractivity contribution in [2.75, 3.05) is 33.9 Å². The summed E-state index contributed by atoms with van der Waals surface area (Å²) in [7, 11) is 3.12. The molecule has 1 heterocycles. The molecule has 8 nitrogen and oxygen atoms in total. The standard InChI is InChI=1S/C12H20N4O4/c1-16(8-11(18)13-6-3-7-20-2)12(19)9-4-5-10(17)15-14-9/h3-8H2,1-2H3,(H,13,18)(H,15,17). The van der Waals surface area contributed by atoms with E-state index in [1.54, 1.807) is 7.11 Å². The quantitative estimate of drug-likeness (QED) is 0.577. The van der Waals surface area contributed by atoms with Gasteiger partial charge in [0.15, 0.2) is 0 Å². The molecule has 0 aromatic carbocycles. The second kappa shape index (κ2) is 8.26. The van der Waals surface area contributed by atoms with Gasteiger partial charge in [-0.1, -0.05) is 0 Å². The highest BCUT2D eigenvalue weighted by atomic mass is 16.5. The first-order valence-electron chi connectivity index (χ1n) is 6.41. The molecule has 0 bridgehead atoms. The molecule has 112 valence electrons. The van der Waals surface area contributed by atoms with E-state index in [1.807, 2.05) is 0 Å². The number of carbonyl (C=O) groups is 3. The fourth-order valence-corrected chi connectivity index (χ4v) is 1.64. The molecule has 0 saturated heterocycles. The second-order valence-corrected chi connectivity index (χ2v) is 4.45. The van der Waals surface area contributed by atoms with Crippen LogP contribution in [0.1, 0.15) is 19.3 Å². The molecule has 0 spiro atoms. The van der Waals surface area contributed by atoms with Gasteiger partial charge in [0.25, 0.3) is 5.91 Å². The van der Waals surface area contributed by atoms with E-state index in [9.17, 15) is 14.4 Å². The highest BCUT2D eigenvalue weighted by molar-refractivity contribution is 6.39. The number of hydrogen-bond acceptors (Lipinski definition) is 5. The molecule has 0 atom stereocenters. The number of hydrogen-bond donors (Lipinski definition) is 2. The minimum Gasteiger partial charge on any atom is -0.385 e. The minimum atomic E-state index is -0.350. The van der Waals surface area contributed by atoms with Gasteiger partial charge in [-0.3, -0.25) is 14.4 Å². The van der Waals surface area contributed by atoms with Crippen LogP contribution in [0.5, 0.6) is 0 Å².